The van der Waals surface area contributed by atoms with E-state index >= 15 is 0 Å². The van der Waals surface area contributed by atoms with Crippen molar-refractivity contribution < 1.29 is 0 Å². The van der Waals surface area contributed by atoms with Crippen LogP contribution in [0.4, 0.5) is 5.69 Å². The molecule has 1 aromatic heterocycles. The Kier molecular flexibility index (Phi) is 2.14. The Morgan fingerprint density at radius 1 is 1.42 bits per heavy atom. The highest BCUT2D eigenvalue weighted by molar-refractivity contribution is 7.03. The number of aromatic amines is 1. The Labute approximate surface area is 74.4 Å². The Balaban J connectivity index is 2.18. The molecule has 2 heterocycles. The van der Waals surface area contributed by atoms with Crippen molar-refractivity contribution in [3.63, 3.8) is 0 Å². The molecule has 1 fully saturated rings. The molecule has 1 aromatic rings. The average Bonchev–Trinajstić information content (AvgIpc) is 2.53. The zero-order valence-corrected chi connectivity index (χ0v) is 7.49. The lowest BCUT2D eigenvalue weighted by atomic mass is 10.3. The molecule has 4 nitrogen and oxygen atoms in total. The Morgan fingerprint density at radius 3 is 2.75 bits per heavy atom. The number of aromatic nitrogens is 1. The first kappa shape index (κ1) is 7.82. The maximum atomic E-state index is 11.2. The van der Waals surface area contributed by atoms with Gasteiger partial charge in [0.25, 0.3) is 5.56 Å². The second kappa shape index (κ2) is 3.28. The number of piperazine rings is 1. The maximum Gasteiger partial charge on any atom is 0.281 e. The fourth-order valence-electron chi connectivity index (χ4n) is 1.37. The first-order chi connectivity index (χ1) is 5.88. The van der Waals surface area contributed by atoms with Gasteiger partial charge in [0.15, 0.2) is 0 Å². The normalized spacial score (nSPS) is 18.2. The number of H-pyrrole nitrogens is 1. The van der Waals surface area contributed by atoms with Gasteiger partial charge in [-0.3, -0.25) is 9.17 Å². The number of anilines is 1. The minimum atomic E-state index is 0.0434. The van der Waals surface area contributed by atoms with Crippen molar-refractivity contribution in [2.24, 2.45) is 0 Å². The van der Waals surface area contributed by atoms with Crippen molar-refractivity contribution in [3.05, 3.63) is 15.7 Å². The standard InChI is InChI=1S/C7H11N3OS/c11-7-6(5-12-9-7)10-3-1-8-2-4-10/h5,8H,1-4H2,(H,9,11). The smallest absolute Gasteiger partial charge is 0.281 e. The molecule has 66 valence electrons. The first-order valence-electron chi connectivity index (χ1n) is 4.00. The van der Waals surface area contributed by atoms with E-state index in [9.17, 15) is 4.79 Å². The molecular weight excluding hydrogens is 174 g/mol. The summed E-state index contributed by atoms with van der Waals surface area (Å²) in [5, 5.41) is 5.13. The third-order valence-electron chi connectivity index (χ3n) is 2.01. The van der Waals surface area contributed by atoms with Crippen molar-refractivity contribution >= 4 is 17.2 Å². The van der Waals surface area contributed by atoms with Gasteiger partial charge in [-0.05, 0) is 0 Å². The zero-order valence-electron chi connectivity index (χ0n) is 6.67. The molecule has 0 radical (unpaired) electrons. The summed E-state index contributed by atoms with van der Waals surface area (Å²) in [6.07, 6.45) is 0. The van der Waals surface area contributed by atoms with Crippen LogP contribution in [0.3, 0.4) is 0 Å². The fraction of sp³-hybridized carbons (Fsp3) is 0.571. The third kappa shape index (κ3) is 1.37. The molecule has 0 unspecified atom stereocenters. The van der Waals surface area contributed by atoms with E-state index in [1.54, 1.807) is 0 Å². The predicted molar refractivity (Wildman–Crippen MR) is 50.0 cm³/mol. The SMILES string of the molecule is O=c1[nH]scc1N1CCNCC1. The van der Waals surface area contributed by atoms with Crippen LogP contribution in [0.1, 0.15) is 0 Å². The molecule has 0 aliphatic carbocycles. The van der Waals surface area contributed by atoms with Crippen LogP contribution in [-0.2, 0) is 0 Å². The molecule has 0 bridgehead atoms. The molecule has 0 saturated carbocycles. The number of rotatable bonds is 1. The molecule has 12 heavy (non-hydrogen) atoms. The van der Waals surface area contributed by atoms with Gasteiger partial charge in [-0.25, -0.2) is 0 Å². The van der Waals surface area contributed by atoms with Crippen LogP contribution in [0.25, 0.3) is 0 Å². The van der Waals surface area contributed by atoms with Crippen LogP contribution in [0.2, 0.25) is 0 Å². The summed E-state index contributed by atoms with van der Waals surface area (Å²) >= 11 is 1.36. The minimum Gasteiger partial charge on any atom is -0.364 e. The van der Waals surface area contributed by atoms with E-state index in [1.807, 2.05) is 5.38 Å². The molecule has 1 aliphatic heterocycles. The molecule has 2 rings (SSSR count). The van der Waals surface area contributed by atoms with E-state index in [2.05, 4.69) is 14.6 Å². The van der Waals surface area contributed by atoms with Gasteiger partial charge in [-0.2, -0.15) is 0 Å². The van der Waals surface area contributed by atoms with E-state index in [0.717, 1.165) is 31.9 Å². The Bertz CT molecular complexity index is 300. The van der Waals surface area contributed by atoms with Gasteiger partial charge in [0.1, 0.15) is 5.69 Å². The number of hydrogen-bond donors (Lipinski definition) is 2. The average molecular weight is 185 g/mol. The lowest BCUT2D eigenvalue weighted by molar-refractivity contribution is 0.588. The summed E-state index contributed by atoms with van der Waals surface area (Å²) < 4.78 is 2.69. The second-order valence-electron chi connectivity index (χ2n) is 2.79. The third-order valence-corrected chi connectivity index (χ3v) is 2.66. The fourth-order valence-corrected chi connectivity index (χ4v) is 2.01. The van der Waals surface area contributed by atoms with E-state index in [-0.39, 0.29) is 5.56 Å². The largest absolute Gasteiger partial charge is 0.364 e. The Hall–Kier alpha value is -0.810. The lowest BCUT2D eigenvalue weighted by Crippen LogP contribution is -2.44. The predicted octanol–water partition coefficient (Wildman–Crippen LogP) is -0.154. The zero-order chi connectivity index (χ0) is 8.39. The van der Waals surface area contributed by atoms with Gasteiger partial charge in [0.05, 0.1) is 0 Å². The van der Waals surface area contributed by atoms with Gasteiger partial charge >= 0.3 is 0 Å². The summed E-state index contributed by atoms with van der Waals surface area (Å²) in [4.78, 5) is 13.3. The summed E-state index contributed by atoms with van der Waals surface area (Å²) in [7, 11) is 0. The van der Waals surface area contributed by atoms with Crippen molar-refractivity contribution in [2.75, 3.05) is 31.1 Å². The van der Waals surface area contributed by atoms with Crippen molar-refractivity contribution in [1.29, 1.82) is 0 Å². The maximum absolute atomic E-state index is 11.2. The number of hydrogen-bond acceptors (Lipinski definition) is 4. The lowest BCUT2D eigenvalue weighted by Gasteiger charge is -2.27. The van der Waals surface area contributed by atoms with Gasteiger partial charge < -0.3 is 10.2 Å². The van der Waals surface area contributed by atoms with Gasteiger partial charge in [-0.1, -0.05) is 11.5 Å². The number of nitrogens with zero attached hydrogens (tertiary/aromatic N) is 1. The van der Waals surface area contributed by atoms with E-state index in [1.165, 1.54) is 11.5 Å². The van der Waals surface area contributed by atoms with Crippen LogP contribution in [-0.4, -0.2) is 30.6 Å². The van der Waals surface area contributed by atoms with E-state index in [4.69, 9.17) is 0 Å². The molecule has 0 spiro atoms. The molecule has 5 heteroatoms. The topological polar surface area (TPSA) is 48.1 Å². The molecular formula is C7H11N3OS. The highest BCUT2D eigenvalue weighted by Crippen LogP contribution is 2.09. The monoisotopic (exact) mass is 185 g/mol. The highest BCUT2D eigenvalue weighted by atomic mass is 32.1. The van der Waals surface area contributed by atoms with E-state index in [0.29, 0.717) is 0 Å². The molecule has 2 N–H and O–H groups in total. The summed E-state index contributed by atoms with van der Waals surface area (Å²) in [6.45, 7) is 3.80. The quantitative estimate of drug-likeness (QED) is 0.639. The van der Waals surface area contributed by atoms with Crippen molar-refractivity contribution in [1.82, 2.24) is 9.69 Å². The molecule has 0 atom stereocenters. The van der Waals surface area contributed by atoms with Crippen LogP contribution in [0.15, 0.2) is 10.2 Å². The number of nitrogens with one attached hydrogen (secondary N) is 2. The highest BCUT2D eigenvalue weighted by Gasteiger charge is 2.13. The molecule has 1 saturated heterocycles. The van der Waals surface area contributed by atoms with Gasteiger partial charge in [-0.15, -0.1) is 0 Å². The van der Waals surface area contributed by atoms with E-state index < -0.39 is 0 Å². The Morgan fingerprint density at radius 2 is 2.17 bits per heavy atom. The van der Waals surface area contributed by atoms with Crippen LogP contribution in [0, 0.1) is 0 Å². The summed E-state index contributed by atoms with van der Waals surface area (Å²) in [5.41, 5.74) is 0.864. The second-order valence-corrected chi connectivity index (χ2v) is 3.46. The van der Waals surface area contributed by atoms with Gasteiger partial charge in [0, 0.05) is 31.6 Å². The summed E-state index contributed by atoms with van der Waals surface area (Å²) in [6, 6.07) is 0. The van der Waals surface area contributed by atoms with Crippen LogP contribution >= 0.6 is 11.5 Å². The van der Waals surface area contributed by atoms with Gasteiger partial charge in [0.2, 0.25) is 0 Å². The van der Waals surface area contributed by atoms with Crippen LogP contribution in [0.5, 0.6) is 0 Å². The molecule has 1 aliphatic rings. The summed E-state index contributed by atoms with van der Waals surface area (Å²) in [5.74, 6) is 0. The molecule has 0 aromatic carbocycles. The van der Waals surface area contributed by atoms with Crippen molar-refractivity contribution in [2.45, 2.75) is 0 Å². The first-order valence-corrected chi connectivity index (χ1v) is 4.88. The van der Waals surface area contributed by atoms with Crippen LogP contribution < -0.4 is 15.8 Å². The minimum absolute atomic E-state index is 0.0434. The molecule has 0 amide bonds. The van der Waals surface area contributed by atoms with Crippen molar-refractivity contribution in [3.8, 4) is 0 Å².